The number of carbonyl (C=O) groups is 1. The van der Waals surface area contributed by atoms with Gasteiger partial charge in [-0.05, 0) is 18.6 Å². The van der Waals surface area contributed by atoms with Crippen LogP contribution in [0.1, 0.15) is 25.5 Å². The molecule has 2 aromatic rings. The monoisotopic (exact) mass is 259 g/mol. The van der Waals surface area contributed by atoms with E-state index in [0.717, 1.165) is 29.3 Å². The van der Waals surface area contributed by atoms with Gasteiger partial charge >= 0.3 is 6.09 Å². The Bertz CT molecular complexity index is 557. The first-order valence-corrected chi connectivity index (χ1v) is 6.39. The highest BCUT2D eigenvalue weighted by Crippen LogP contribution is 2.11. The molecule has 0 bridgehead atoms. The van der Waals surface area contributed by atoms with Crippen LogP contribution in [-0.4, -0.2) is 22.7 Å². The summed E-state index contributed by atoms with van der Waals surface area (Å²) in [5.41, 5.74) is 0.785. The van der Waals surface area contributed by atoms with E-state index in [0.29, 0.717) is 13.2 Å². The molecule has 100 valence electrons. The number of pyridine rings is 2. The summed E-state index contributed by atoms with van der Waals surface area (Å²) < 4.78 is 5.00. The number of hydrogen-bond acceptors (Lipinski definition) is 4. The van der Waals surface area contributed by atoms with Gasteiger partial charge in [0.15, 0.2) is 0 Å². The summed E-state index contributed by atoms with van der Waals surface area (Å²) in [5, 5.41) is 4.72. The van der Waals surface area contributed by atoms with Crippen LogP contribution in [0.25, 0.3) is 10.8 Å². The average molecular weight is 259 g/mol. The number of rotatable bonds is 5. The third-order valence-corrected chi connectivity index (χ3v) is 2.72. The first-order valence-electron chi connectivity index (χ1n) is 6.39. The molecule has 0 saturated carbocycles. The average Bonchev–Trinajstić information content (AvgIpc) is 2.45. The fourth-order valence-electron chi connectivity index (χ4n) is 1.64. The van der Waals surface area contributed by atoms with E-state index in [2.05, 4.69) is 15.3 Å². The number of nitrogens with zero attached hydrogens (tertiary/aromatic N) is 2. The summed E-state index contributed by atoms with van der Waals surface area (Å²) >= 11 is 0. The number of alkyl carbamates (subject to hydrolysis) is 1. The molecule has 5 heteroatoms. The highest BCUT2D eigenvalue weighted by molar-refractivity contribution is 5.80. The van der Waals surface area contributed by atoms with Gasteiger partial charge in [-0.3, -0.25) is 9.97 Å². The van der Waals surface area contributed by atoms with Crippen molar-refractivity contribution in [3.05, 3.63) is 36.4 Å². The van der Waals surface area contributed by atoms with Crippen molar-refractivity contribution in [2.24, 2.45) is 0 Å². The Kier molecular flexibility index (Phi) is 4.66. The summed E-state index contributed by atoms with van der Waals surface area (Å²) in [6, 6.07) is 3.81. The number of carbonyl (C=O) groups excluding carboxylic acids is 1. The van der Waals surface area contributed by atoms with Gasteiger partial charge in [0.2, 0.25) is 0 Å². The first-order chi connectivity index (χ1) is 9.29. The number of amides is 1. The van der Waals surface area contributed by atoms with Gasteiger partial charge in [0, 0.05) is 29.4 Å². The fraction of sp³-hybridized carbons (Fsp3) is 0.357. The highest BCUT2D eigenvalue weighted by atomic mass is 16.5. The molecule has 0 aromatic carbocycles. The van der Waals surface area contributed by atoms with Crippen molar-refractivity contribution in [3.8, 4) is 0 Å². The van der Waals surface area contributed by atoms with Gasteiger partial charge in [-0.1, -0.05) is 13.3 Å². The predicted octanol–water partition coefficient (Wildman–Crippen LogP) is 2.66. The second-order valence-electron chi connectivity index (χ2n) is 4.24. The van der Waals surface area contributed by atoms with Gasteiger partial charge in [0.1, 0.15) is 0 Å². The molecule has 0 aliphatic carbocycles. The van der Waals surface area contributed by atoms with Crippen molar-refractivity contribution in [1.29, 1.82) is 0 Å². The molecule has 0 unspecified atom stereocenters. The quantitative estimate of drug-likeness (QED) is 0.838. The van der Waals surface area contributed by atoms with Gasteiger partial charge in [0.05, 0.1) is 18.8 Å². The van der Waals surface area contributed by atoms with Crippen molar-refractivity contribution in [2.45, 2.75) is 26.3 Å². The lowest BCUT2D eigenvalue weighted by Gasteiger charge is -2.06. The summed E-state index contributed by atoms with van der Waals surface area (Å²) in [4.78, 5) is 19.7. The van der Waals surface area contributed by atoms with E-state index in [4.69, 9.17) is 4.74 Å². The number of hydrogen-bond donors (Lipinski definition) is 1. The lowest BCUT2D eigenvalue weighted by Crippen LogP contribution is -2.24. The molecule has 0 spiro atoms. The summed E-state index contributed by atoms with van der Waals surface area (Å²) in [6.07, 6.45) is 6.77. The Morgan fingerprint density at radius 1 is 1.37 bits per heavy atom. The third kappa shape index (κ3) is 3.91. The van der Waals surface area contributed by atoms with Gasteiger partial charge in [0.25, 0.3) is 0 Å². The molecule has 0 fully saturated rings. The van der Waals surface area contributed by atoms with Crippen molar-refractivity contribution in [3.63, 3.8) is 0 Å². The molecular weight excluding hydrogens is 242 g/mol. The van der Waals surface area contributed by atoms with Gasteiger partial charge in [-0.25, -0.2) is 4.79 Å². The summed E-state index contributed by atoms with van der Waals surface area (Å²) in [5.74, 6) is 0. The van der Waals surface area contributed by atoms with Crippen LogP contribution in [0.4, 0.5) is 4.79 Å². The normalized spacial score (nSPS) is 10.4. The van der Waals surface area contributed by atoms with E-state index in [1.54, 1.807) is 18.6 Å². The molecule has 2 rings (SSSR count). The Balaban J connectivity index is 1.89. The molecule has 1 N–H and O–H groups in total. The lowest BCUT2D eigenvalue weighted by molar-refractivity contribution is 0.144. The van der Waals surface area contributed by atoms with Gasteiger partial charge < -0.3 is 10.1 Å². The molecule has 0 saturated heterocycles. The Hall–Kier alpha value is -2.17. The minimum atomic E-state index is -0.401. The predicted molar refractivity (Wildman–Crippen MR) is 72.6 cm³/mol. The van der Waals surface area contributed by atoms with Gasteiger partial charge in [-0.2, -0.15) is 0 Å². The van der Waals surface area contributed by atoms with E-state index in [9.17, 15) is 4.79 Å². The van der Waals surface area contributed by atoms with Crippen LogP contribution < -0.4 is 5.32 Å². The van der Waals surface area contributed by atoms with Crippen LogP contribution in [0.15, 0.2) is 30.7 Å². The van der Waals surface area contributed by atoms with Crippen LogP contribution in [0.5, 0.6) is 0 Å². The van der Waals surface area contributed by atoms with E-state index in [1.807, 2.05) is 19.1 Å². The minimum Gasteiger partial charge on any atom is -0.450 e. The van der Waals surface area contributed by atoms with Crippen LogP contribution in [0, 0.1) is 0 Å². The molecule has 0 atom stereocenters. The number of ether oxygens (including phenoxy) is 1. The Morgan fingerprint density at radius 3 is 3.11 bits per heavy atom. The van der Waals surface area contributed by atoms with E-state index in [1.165, 1.54) is 0 Å². The molecule has 2 heterocycles. The zero-order valence-corrected chi connectivity index (χ0v) is 10.9. The molecule has 0 aliphatic heterocycles. The first kappa shape index (κ1) is 13.3. The maximum absolute atomic E-state index is 11.4. The van der Waals surface area contributed by atoms with Crippen LogP contribution in [0.3, 0.4) is 0 Å². The van der Waals surface area contributed by atoms with Crippen molar-refractivity contribution in [2.75, 3.05) is 6.61 Å². The number of fused-ring (bicyclic) bond motifs is 1. The Morgan fingerprint density at radius 2 is 2.26 bits per heavy atom. The van der Waals surface area contributed by atoms with Crippen molar-refractivity contribution in [1.82, 2.24) is 15.3 Å². The molecule has 0 aliphatic rings. The van der Waals surface area contributed by atoms with Gasteiger partial charge in [-0.15, -0.1) is 0 Å². The number of unbranched alkanes of at least 4 members (excludes halogenated alkanes) is 1. The molecule has 2 aromatic heterocycles. The fourth-order valence-corrected chi connectivity index (χ4v) is 1.64. The van der Waals surface area contributed by atoms with Crippen molar-refractivity contribution >= 4 is 16.9 Å². The molecule has 5 nitrogen and oxygen atoms in total. The minimum absolute atomic E-state index is 0.357. The second-order valence-corrected chi connectivity index (χ2v) is 4.24. The summed E-state index contributed by atoms with van der Waals surface area (Å²) in [7, 11) is 0. The lowest BCUT2D eigenvalue weighted by atomic mass is 10.2. The maximum atomic E-state index is 11.4. The van der Waals surface area contributed by atoms with Crippen molar-refractivity contribution < 1.29 is 9.53 Å². The third-order valence-electron chi connectivity index (χ3n) is 2.72. The topological polar surface area (TPSA) is 64.1 Å². The molecule has 0 radical (unpaired) electrons. The van der Waals surface area contributed by atoms with Crippen LogP contribution in [-0.2, 0) is 11.3 Å². The number of nitrogens with one attached hydrogen (secondary N) is 1. The Labute approximate surface area is 112 Å². The second kappa shape index (κ2) is 6.68. The molecule has 1 amide bonds. The standard InChI is InChI=1S/C14H17N3O2/c1-2-3-6-19-14(18)17-10-13-7-12-8-15-5-4-11(12)9-16-13/h4-5,7-9H,2-3,6,10H2,1H3,(H,17,18). The van der Waals surface area contributed by atoms with E-state index < -0.39 is 6.09 Å². The number of aromatic nitrogens is 2. The molecular formula is C14H17N3O2. The van der Waals surface area contributed by atoms with E-state index >= 15 is 0 Å². The van der Waals surface area contributed by atoms with E-state index in [-0.39, 0.29) is 0 Å². The maximum Gasteiger partial charge on any atom is 0.407 e. The van der Waals surface area contributed by atoms with Crippen LogP contribution >= 0.6 is 0 Å². The summed E-state index contributed by atoms with van der Waals surface area (Å²) in [6.45, 7) is 2.86. The zero-order valence-electron chi connectivity index (χ0n) is 10.9. The zero-order chi connectivity index (χ0) is 13.5. The SMILES string of the molecule is CCCCOC(=O)NCc1cc2cnccc2cn1. The molecule has 19 heavy (non-hydrogen) atoms. The highest BCUT2D eigenvalue weighted by Gasteiger charge is 2.03. The smallest absolute Gasteiger partial charge is 0.407 e. The largest absolute Gasteiger partial charge is 0.450 e. The van der Waals surface area contributed by atoms with Crippen LogP contribution in [0.2, 0.25) is 0 Å².